The molecule has 1 aliphatic carbocycles. The Balaban J connectivity index is 2.03. The van der Waals surface area contributed by atoms with Crippen molar-refractivity contribution in [2.24, 2.45) is 0 Å². The summed E-state index contributed by atoms with van der Waals surface area (Å²) >= 11 is 1.82. The highest BCUT2D eigenvalue weighted by atomic mass is 32.1. The number of hydrogen-bond donors (Lipinski definition) is 1. The van der Waals surface area contributed by atoms with E-state index in [1.807, 2.05) is 24.6 Å². The number of aromatic nitrogens is 1. The maximum Gasteiger partial charge on any atom is 0.185 e. The summed E-state index contributed by atoms with van der Waals surface area (Å²) in [6.45, 7) is 2.18. The van der Waals surface area contributed by atoms with E-state index in [0.29, 0.717) is 12.1 Å². The van der Waals surface area contributed by atoms with E-state index in [-0.39, 0.29) is 0 Å². The number of nitrogens with one attached hydrogen (secondary N) is 1. The predicted molar refractivity (Wildman–Crippen MR) is 74.9 cm³/mol. The fourth-order valence-electron chi connectivity index (χ4n) is 2.41. The number of nitrogens with zero attached hydrogens (tertiary/aromatic N) is 2. The van der Waals surface area contributed by atoms with Gasteiger partial charge in [0.05, 0.1) is 0 Å². The van der Waals surface area contributed by atoms with E-state index in [2.05, 4.69) is 29.2 Å². The van der Waals surface area contributed by atoms with Crippen molar-refractivity contribution >= 4 is 16.5 Å². The first-order valence-corrected chi connectivity index (χ1v) is 7.40. The van der Waals surface area contributed by atoms with Crippen LogP contribution in [0.3, 0.4) is 0 Å². The van der Waals surface area contributed by atoms with E-state index < -0.39 is 0 Å². The highest BCUT2D eigenvalue weighted by Crippen LogP contribution is 2.31. The van der Waals surface area contributed by atoms with Gasteiger partial charge >= 0.3 is 0 Å². The van der Waals surface area contributed by atoms with Crippen LogP contribution in [0, 0.1) is 0 Å². The summed E-state index contributed by atoms with van der Waals surface area (Å²) in [7, 11) is 4.19. The molecule has 0 aromatic carbocycles. The molecule has 1 fully saturated rings. The molecule has 2 rings (SSSR count). The largest absolute Gasteiger partial charge is 0.348 e. The van der Waals surface area contributed by atoms with Crippen molar-refractivity contribution in [3.63, 3.8) is 0 Å². The molecule has 1 aromatic rings. The van der Waals surface area contributed by atoms with Gasteiger partial charge in [0.2, 0.25) is 0 Å². The van der Waals surface area contributed by atoms with E-state index in [1.165, 1.54) is 42.1 Å². The summed E-state index contributed by atoms with van der Waals surface area (Å²) in [5.74, 6) is 0. The quantitative estimate of drug-likeness (QED) is 0.893. The maximum absolute atomic E-state index is 4.56. The molecule has 0 radical (unpaired) electrons. The maximum atomic E-state index is 4.56. The second kappa shape index (κ2) is 5.83. The Labute approximate surface area is 108 Å². The standard InChI is InChI=1S/C13H23N3S/c1-10(14-2)12-9-15-13(17-12)16(3)11-7-5-4-6-8-11/h9-11,14H,4-8H2,1-3H3. The first kappa shape index (κ1) is 12.8. The zero-order chi connectivity index (χ0) is 12.3. The van der Waals surface area contributed by atoms with Gasteiger partial charge in [-0.2, -0.15) is 0 Å². The van der Waals surface area contributed by atoms with E-state index in [1.54, 1.807) is 0 Å². The van der Waals surface area contributed by atoms with Crippen molar-refractivity contribution in [2.45, 2.75) is 51.1 Å². The summed E-state index contributed by atoms with van der Waals surface area (Å²) in [6, 6.07) is 1.11. The van der Waals surface area contributed by atoms with Crippen LogP contribution < -0.4 is 10.2 Å². The van der Waals surface area contributed by atoms with Crippen molar-refractivity contribution < 1.29 is 0 Å². The Morgan fingerprint density at radius 3 is 2.76 bits per heavy atom. The topological polar surface area (TPSA) is 28.2 Å². The van der Waals surface area contributed by atoms with E-state index in [0.717, 1.165) is 0 Å². The minimum atomic E-state index is 0.404. The van der Waals surface area contributed by atoms with Gasteiger partial charge in [0.15, 0.2) is 5.13 Å². The molecule has 0 aliphatic heterocycles. The van der Waals surface area contributed by atoms with Crippen molar-refractivity contribution in [3.8, 4) is 0 Å². The van der Waals surface area contributed by atoms with Gasteiger partial charge < -0.3 is 10.2 Å². The minimum absolute atomic E-state index is 0.404. The van der Waals surface area contributed by atoms with Gasteiger partial charge in [0.25, 0.3) is 0 Å². The van der Waals surface area contributed by atoms with Gasteiger partial charge in [0, 0.05) is 30.2 Å². The van der Waals surface area contributed by atoms with Gasteiger partial charge in [0.1, 0.15) is 0 Å². The van der Waals surface area contributed by atoms with Crippen LogP contribution in [0.25, 0.3) is 0 Å². The lowest BCUT2D eigenvalue weighted by atomic mass is 9.95. The number of rotatable bonds is 4. The summed E-state index contributed by atoms with van der Waals surface area (Å²) in [6.07, 6.45) is 8.82. The first-order chi connectivity index (χ1) is 8.22. The van der Waals surface area contributed by atoms with Gasteiger partial charge in [-0.3, -0.25) is 0 Å². The third-order valence-corrected chi connectivity index (χ3v) is 5.07. The van der Waals surface area contributed by atoms with E-state index in [4.69, 9.17) is 0 Å². The summed E-state index contributed by atoms with van der Waals surface area (Å²) in [4.78, 5) is 8.27. The molecule has 1 unspecified atom stereocenters. The average molecular weight is 253 g/mol. The molecule has 0 amide bonds. The molecule has 96 valence electrons. The molecule has 1 saturated carbocycles. The zero-order valence-electron chi connectivity index (χ0n) is 11.1. The lowest BCUT2D eigenvalue weighted by molar-refractivity contribution is 0.427. The highest BCUT2D eigenvalue weighted by Gasteiger charge is 2.20. The van der Waals surface area contributed by atoms with Crippen molar-refractivity contribution in [3.05, 3.63) is 11.1 Å². The Morgan fingerprint density at radius 2 is 2.12 bits per heavy atom. The third kappa shape index (κ3) is 2.99. The minimum Gasteiger partial charge on any atom is -0.348 e. The molecule has 1 N–H and O–H groups in total. The monoisotopic (exact) mass is 253 g/mol. The Kier molecular flexibility index (Phi) is 4.40. The van der Waals surface area contributed by atoms with Crippen LogP contribution in [-0.2, 0) is 0 Å². The van der Waals surface area contributed by atoms with Crippen molar-refractivity contribution in [1.82, 2.24) is 10.3 Å². The predicted octanol–water partition coefficient (Wildman–Crippen LogP) is 3.19. The molecule has 1 aromatic heterocycles. The Bertz CT molecular complexity index is 344. The van der Waals surface area contributed by atoms with Gasteiger partial charge in [-0.05, 0) is 26.8 Å². The first-order valence-electron chi connectivity index (χ1n) is 6.58. The summed E-state index contributed by atoms with van der Waals surface area (Å²) < 4.78 is 0. The molecule has 0 saturated heterocycles. The summed E-state index contributed by atoms with van der Waals surface area (Å²) in [5, 5.41) is 4.44. The van der Waals surface area contributed by atoms with Gasteiger partial charge in [-0.1, -0.05) is 19.3 Å². The van der Waals surface area contributed by atoms with Crippen molar-refractivity contribution in [2.75, 3.05) is 19.0 Å². The van der Waals surface area contributed by atoms with Gasteiger partial charge in [-0.15, -0.1) is 11.3 Å². The van der Waals surface area contributed by atoms with Crippen LogP contribution >= 0.6 is 11.3 Å². The lowest BCUT2D eigenvalue weighted by Crippen LogP contribution is -2.33. The van der Waals surface area contributed by atoms with Crippen LogP contribution in [0.1, 0.15) is 49.9 Å². The SMILES string of the molecule is CNC(C)c1cnc(N(C)C2CCCCC2)s1. The molecular weight excluding hydrogens is 230 g/mol. The molecule has 17 heavy (non-hydrogen) atoms. The number of anilines is 1. The molecular formula is C13H23N3S. The smallest absolute Gasteiger partial charge is 0.185 e. The molecule has 0 bridgehead atoms. The number of thiazole rings is 1. The molecule has 1 aliphatic rings. The van der Waals surface area contributed by atoms with E-state index >= 15 is 0 Å². The second-order valence-electron chi connectivity index (χ2n) is 4.96. The van der Waals surface area contributed by atoms with Crippen LogP contribution in [0.15, 0.2) is 6.20 Å². The number of hydrogen-bond acceptors (Lipinski definition) is 4. The molecule has 3 nitrogen and oxygen atoms in total. The van der Waals surface area contributed by atoms with Crippen LogP contribution in [0.5, 0.6) is 0 Å². The molecule has 4 heteroatoms. The normalized spacial score (nSPS) is 19.2. The molecule has 1 heterocycles. The van der Waals surface area contributed by atoms with E-state index in [9.17, 15) is 0 Å². The Hall–Kier alpha value is -0.610. The van der Waals surface area contributed by atoms with Crippen molar-refractivity contribution in [1.29, 1.82) is 0 Å². The highest BCUT2D eigenvalue weighted by molar-refractivity contribution is 7.15. The Morgan fingerprint density at radius 1 is 1.41 bits per heavy atom. The third-order valence-electron chi connectivity index (χ3n) is 3.80. The van der Waals surface area contributed by atoms with Crippen LogP contribution in [0.2, 0.25) is 0 Å². The van der Waals surface area contributed by atoms with Gasteiger partial charge in [-0.25, -0.2) is 4.98 Å². The average Bonchev–Trinajstić information content (AvgIpc) is 2.87. The second-order valence-corrected chi connectivity index (χ2v) is 6.00. The molecule has 1 atom stereocenters. The summed E-state index contributed by atoms with van der Waals surface area (Å²) in [5.41, 5.74) is 0. The lowest BCUT2D eigenvalue weighted by Gasteiger charge is -2.30. The van der Waals surface area contributed by atoms with Crippen LogP contribution in [0.4, 0.5) is 5.13 Å². The zero-order valence-corrected chi connectivity index (χ0v) is 11.9. The fraction of sp³-hybridized carbons (Fsp3) is 0.769. The fourth-order valence-corrected chi connectivity index (χ4v) is 3.42. The van der Waals surface area contributed by atoms with Crippen LogP contribution in [-0.4, -0.2) is 25.1 Å². The molecule has 0 spiro atoms.